The average molecular weight is 314 g/mol. The van der Waals surface area contributed by atoms with Gasteiger partial charge in [-0.25, -0.2) is 4.39 Å². The second kappa shape index (κ2) is 7.05. The minimum absolute atomic E-state index is 0.429. The molecule has 0 radical (unpaired) electrons. The molecule has 5 heteroatoms. The molecule has 0 aromatic heterocycles. The van der Waals surface area contributed by atoms with Crippen LogP contribution in [-0.2, 0) is 9.59 Å². The zero-order valence-electron chi connectivity index (χ0n) is 12.9. The monoisotopic (exact) mass is 314 g/mol. The standard InChI is InChI=1S/C18H18FNO3/c1-11(17(21)20-12(2)18(22)23)14-8-9-15(16(19)10-14)13-6-4-3-5-7-13/h3-12H,1-2H3,(H,20,21)(H,22,23)/p-1/t11-,12-/m0/s1. The van der Waals surface area contributed by atoms with Gasteiger partial charge in [0.2, 0.25) is 5.91 Å². The predicted octanol–water partition coefficient (Wildman–Crippen LogP) is 1.85. The van der Waals surface area contributed by atoms with E-state index in [1.54, 1.807) is 31.2 Å². The van der Waals surface area contributed by atoms with Gasteiger partial charge in [0.05, 0.1) is 17.9 Å². The van der Waals surface area contributed by atoms with E-state index in [1.165, 1.54) is 13.0 Å². The second-order valence-electron chi connectivity index (χ2n) is 5.38. The molecule has 1 N–H and O–H groups in total. The summed E-state index contributed by atoms with van der Waals surface area (Å²) >= 11 is 0. The summed E-state index contributed by atoms with van der Waals surface area (Å²) in [7, 11) is 0. The van der Waals surface area contributed by atoms with E-state index in [0.29, 0.717) is 11.1 Å². The van der Waals surface area contributed by atoms with Crippen molar-refractivity contribution in [3.63, 3.8) is 0 Å². The van der Waals surface area contributed by atoms with Crippen molar-refractivity contribution in [2.75, 3.05) is 0 Å². The van der Waals surface area contributed by atoms with Crippen molar-refractivity contribution in [3.8, 4) is 11.1 Å². The molecule has 120 valence electrons. The molecule has 0 bridgehead atoms. The van der Waals surface area contributed by atoms with E-state index in [-0.39, 0.29) is 0 Å². The highest BCUT2D eigenvalue weighted by Gasteiger charge is 2.19. The van der Waals surface area contributed by atoms with Crippen LogP contribution in [0.2, 0.25) is 0 Å². The van der Waals surface area contributed by atoms with E-state index in [9.17, 15) is 19.1 Å². The van der Waals surface area contributed by atoms with E-state index >= 15 is 0 Å². The molecular formula is C18H17FNO3-. The molecule has 0 aliphatic rings. The molecule has 2 rings (SSSR count). The number of carbonyl (C=O) groups excluding carboxylic acids is 2. The van der Waals surface area contributed by atoms with Crippen molar-refractivity contribution in [2.45, 2.75) is 25.8 Å². The topological polar surface area (TPSA) is 69.2 Å². The van der Waals surface area contributed by atoms with E-state index in [2.05, 4.69) is 5.32 Å². The number of benzene rings is 2. The molecule has 2 aromatic rings. The maximum absolute atomic E-state index is 14.3. The van der Waals surface area contributed by atoms with Gasteiger partial charge >= 0.3 is 0 Å². The van der Waals surface area contributed by atoms with Gasteiger partial charge in [-0.1, -0.05) is 42.5 Å². The minimum atomic E-state index is -1.36. The first-order valence-corrected chi connectivity index (χ1v) is 7.26. The highest BCUT2D eigenvalue weighted by Crippen LogP contribution is 2.26. The van der Waals surface area contributed by atoms with Gasteiger partial charge in [-0.3, -0.25) is 4.79 Å². The number of rotatable bonds is 5. The number of carboxylic acid groups (broad SMARTS) is 1. The summed E-state index contributed by atoms with van der Waals surface area (Å²) in [6, 6.07) is 12.6. The Morgan fingerprint density at radius 3 is 2.30 bits per heavy atom. The maximum atomic E-state index is 14.3. The normalized spacial score (nSPS) is 13.2. The summed E-state index contributed by atoms with van der Waals surface area (Å²) in [6.45, 7) is 2.91. The molecule has 2 atom stereocenters. The van der Waals surface area contributed by atoms with Crippen molar-refractivity contribution in [3.05, 3.63) is 59.9 Å². The Hall–Kier alpha value is -2.69. The van der Waals surface area contributed by atoms with Crippen LogP contribution in [0.4, 0.5) is 4.39 Å². The number of carboxylic acids is 1. The van der Waals surface area contributed by atoms with Crippen molar-refractivity contribution in [1.82, 2.24) is 5.32 Å². The summed E-state index contributed by atoms with van der Waals surface area (Å²) in [6.07, 6.45) is 0. The zero-order valence-corrected chi connectivity index (χ0v) is 12.9. The Balaban J connectivity index is 2.20. The van der Waals surface area contributed by atoms with E-state index in [4.69, 9.17) is 0 Å². The van der Waals surface area contributed by atoms with E-state index in [0.717, 1.165) is 5.56 Å². The van der Waals surface area contributed by atoms with Crippen molar-refractivity contribution in [1.29, 1.82) is 0 Å². The lowest BCUT2D eigenvalue weighted by Gasteiger charge is -2.18. The molecular weight excluding hydrogens is 297 g/mol. The zero-order chi connectivity index (χ0) is 17.0. The first-order valence-electron chi connectivity index (χ1n) is 7.26. The number of hydrogen-bond donors (Lipinski definition) is 1. The number of carbonyl (C=O) groups is 2. The number of hydrogen-bond acceptors (Lipinski definition) is 3. The molecule has 2 aromatic carbocycles. The molecule has 0 fully saturated rings. The summed E-state index contributed by atoms with van der Waals surface area (Å²) in [4.78, 5) is 22.7. The molecule has 0 aliphatic carbocycles. The largest absolute Gasteiger partial charge is 0.548 e. The van der Waals surface area contributed by atoms with Crippen LogP contribution in [0, 0.1) is 5.82 Å². The Morgan fingerprint density at radius 2 is 1.74 bits per heavy atom. The first kappa shape index (κ1) is 16.7. The lowest BCUT2D eigenvalue weighted by Crippen LogP contribution is -2.47. The average Bonchev–Trinajstić information content (AvgIpc) is 2.54. The fraction of sp³-hybridized carbons (Fsp3) is 0.222. The van der Waals surface area contributed by atoms with Crippen LogP contribution >= 0.6 is 0 Å². The Morgan fingerprint density at radius 1 is 1.09 bits per heavy atom. The Labute approximate surface area is 134 Å². The fourth-order valence-corrected chi connectivity index (χ4v) is 2.20. The molecule has 1 amide bonds. The highest BCUT2D eigenvalue weighted by atomic mass is 19.1. The third-order valence-electron chi connectivity index (χ3n) is 3.68. The van der Waals surface area contributed by atoms with Gasteiger partial charge in [0.25, 0.3) is 0 Å². The van der Waals surface area contributed by atoms with Crippen LogP contribution in [0.1, 0.15) is 25.3 Å². The summed E-state index contributed by atoms with van der Waals surface area (Å²) in [5.74, 6) is -2.96. The molecule has 0 unspecified atom stereocenters. The van der Waals surface area contributed by atoms with E-state index < -0.39 is 29.7 Å². The van der Waals surface area contributed by atoms with Crippen molar-refractivity contribution >= 4 is 11.9 Å². The highest BCUT2D eigenvalue weighted by molar-refractivity contribution is 5.87. The molecule has 4 nitrogen and oxygen atoms in total. The van der Waals surface area contributed by atoms with Crippen LogP contribution in [0.25, 0.3) is 11.1 Å². The number of nitrogens with one attached hydrogen (secondary N) is 1. The molecule has 0 heterocycles. The van der Waals surface area contributed by atoms with Crippen molar-refractivity contribution in [2.24, 2.45) is 0 Å². The summed E-state index contributed by atoms with van der Waals surface area (Å²) < 4.78 is 14.3. The second-order valence-corrected chi connectivity index (χ2v) is 5.38. The fourth-order valence-electron chi connectivity index (χ4n) is 2.20. The Kier molecular flexibility index (Phi) is 5.11. The van der Waals surface area contributed by atoms with Gasteiger partial charge < -0.3 is 15.2 Å². The summed E-state index contributed by atoms with van der Waals surface area (Å²) in [5.41, 5.74) is 1.68. The molecule has 0 saturated heterocycles. The molecule has 23 heavy (non-hydrogen) atoms. The number of aliphatic carboxylic acids is 1. The van der Waals surface area contributed by atoms with Crippen LogP contribution in [-0.4, -0.2) is 17.9 Å². The minimum Gasteiger partial charge on any atom is -0.548 e. The molecule has 0 spiro atoms. The first-order chi connectivity index (χ1) is 10.9. The lowest BCUT2D eigenvalue weighted by molar-refractivity contribution is -0.307. The SMILES string of the molecule is C[C@H](NC(=O)[C@@H](C)c1ccc(-c2ccccc2)c(F)c1)C(=O)[O-]. The van der Waals surface area contributed by atoms with Gasteiger partial charge in [-0.15, -0.1) is 0 Å². The molecule has 0 saturated carbocycles. The van der Waals surface area contributed by atoms with Crippen LogP contribution in [0.3, 0.4) is 0 Å². The van der Waals surface area contributed by atoms with Crippen LogP contribution in [0.15, 0.2) is 48.5 Å². The predicted molar refractivity (Wildman–Crippen MR) is 82.9 cm³/mol. The lowest BCUT2D eigenvalue weighted by atomic mass is 9.96. The summed E-state index contributed by atoms with van der Waals surface area (Å²) in [5, 5.41) is 13.0. The van der Waals surface area contributed by atoms with Gasteiger partial charge in [0.15, 0.2) is 0 Å². The van der Waals surface area contributed by atoms with Gasteiger partial charge in [0.1, 0.15) is 5.82 Å². The Bertz CT molecular complexity index is 715. The quantitative estimate of drug-likeness (QED) is 0.915. The van der Waals surface area contributed by atoms with E-state index in [1.807, 2.05) is 18.2 Å². The van der Waals surface area contributed by atoms with Crippen molar-refractivity contribution < 1.29 is 19.1 Å². The van der Waals surface area contributed by atoms with Crippen LogP contribution in [0.5, 0.6) is 0 Å². The third kappa shape index (κ3) is 3.94. The van der Waals surface area contributed by atoms with Gasteiger partial charge in [0, 0.05) is 5.56 Å². The number of halogens is 1. The van der Waals surface area contributed by atoms with Gasteiger partial charge in [-0.2, -0.15) is 0 Å². The van der Waals surface area contributed by atoms with Crippen LogP contribution < -0.4 is 10.4 Å². The maximum Gasteiger partial charge on any atom is 0.227 e. The smallest absolute Gasteiger partial charge is 0.227 e. The third-order valence-corrected chi connectivity index (χ3v) is 3.68. The number of amides is 1. The van der Waals surface area contributed by atoms with Gasteiger partial charge in [-0.05, 0) is 31.0 Å². The molecule has 0 aliphatic heterocycles.